The van der Waals surface area contributed by atoms with Crippen molar-refractivity contribution in [1.82, 2.24) is 5.53 Å². The summed E-state index contributed by atoms with van der Waals surface area (Å²) in [6, 6.07) is 19.7. The number of para-hydroxylation sites is 1. The van der Waals surface area contributed by atoms with Gasteiger partial charge in [0.15, 0.2) is 5.84 Å². The number of hydrogen-bond donors (Lipinski definition) is 3. The molecule has 25 heavy (non-hydrogen) atoms. The Kier molecular flexibility index (Phi) is 5.01. The topological polar surface area (TPSA) is 62.4 Å². The van der Waals surface area contributed by atoms with Crippen molar-refractivity contribution >= 4 is 11.5 Å². The number of amidine groups is 1. The minimum absolute atomic E-state index is 0.236. The molecule has 0 spiro atoms. The molecule has 0 amide bonds. The van der Waals surface area contributed by atoms with E-state index in [-0.39, 0.29) is 17.3 Å². The Morgan fingerprint density at radius 3 is 2.04 bits per heavy atom. The van der Waals surface area contributed by atoms with Crippen LogP contribution in [0, 0.1) is 11.6 Å². The third-order valence-electron chi connectivity index (χ3n) is 3.65. The van der Waals surface area contributed by atoms with Crippen molar-refractivity contribution in [3.8, 4) is 11.1 Å². The van der Waals surface area contributed by atoms with Crippen molar-refractivity contribution in [1.29, 1.82) is 0 Å². The van der Waals surface area contributed by atoms with E-state index in [1.807, 2.05) is 0 Å². The largest absolute Gasteiger partial charge is 0.336 e. The SMILES string of the molecule is NN/N=C(\Nc1ccccc1F)c1ccccc1-c1ccccc1F. The van der Waals surface area contributed by atoms with Gasteiger partial charge in [-0.15, -0.1) is 5.10 Å². The van der Waals surface area contributed by atoms with E-state index in [2.05, 4.69) is 16.0 Å². The standard InChI is InChI=1S/C19H16F2N4/c20-16-10-4-3-8-14(16)13-7-1-2-9-15(13)19(24-25-22)23-18-12-6-5-11-17(18)21/h1-12,25H,22H2,(H,23,24). The fraction of sp³-hybridized carbons (Fsp3) is 0. The van der Waals surface area contributed by atoms with Gasteiger partial charge in [-0.05, 0) is 23.8 Å². The van der Waals surface area contributed by atoms with Gasteiger partial charge in [0.2, 0.25) is 0 Å². The number of nitrogens with zero attached hydrogens (tertiary/aromatic N) is 1. The molecular weight excluding hydrogens is 322 g/mol. The molecule has 4 nitrogen and oxygen atoms in total. The predicted molar refractivity (Wildman–Crippen MR) is 95.7 cm³/mol. The van der Waals surface area contributed by atoms with E-state index in [9.17, 15) is 8.78 Å². The van der Waals surface area contributed by atoms with Gasteiger partial charge in [-0.3, -0.25) is 0 Å². The van der Waals surface area contributed by atoms with Crippen LogP contribution in [0.5, 0.6) is 0 Å². The highest BCUT2D eigenvalue weighted by Gasteiger charge is 2.15. The maximum atomic E-state index is 14.2. The number of nitrogens with two attached hydrogens (primary N) is 1. The third-order valence-corrected chi connectivity index (χ3v) is 3.65. The molecule has 0 radical (unpaired) electrons. The van der Waals surface area contributed by atoms with Crippen molar-refractivity contribution < 1.29 is 8.78 Å². The molecule has 3 aromatic carbocycles. The van der Waals surface area contributed by atoms with Gasteiger partial charge in [0.1, 0.15) is 11.6 Å². The first-order valence-corrected chi connectivity index (χ1v) is 7.60. The first-order chi connectivity index (χ1) is 12.2. The van der Waals surface area contributed by atoms with Crippen LogP contribution in [0.3, 0.4) is 0 Å². The smallest absolute Gasteiger partial charge is 0.159 e. The Morgan fingerprint density at radius 2 is 1.36 bits per heavy atom. The van der Waals surface area contributed by atoms with Crippen LogP contribution in [0.2, 0.25) is 0 Å². The first-order valence-electron chi connectivity index (χ1n) is 7.60. The molecule has 3 rings (SSSR count). The van der Waals surface area contributed by atoms with Crippen molar-refractivity contribution in [2.75, 3.05) is 5.32 Å². The zero-order valence-corrected chi connectivity index (χ0v) is 13.2. The maximum absolute atomic E-state index is 14.2. The summed E-state index contributed by atoms with van der Waals surface area (Å²) in [7, 11) is 0. The lowest BCUT2D eigenvalue weighted by molar-refractivity contribution is 0.631. The van der Waals surface area contributed by atoms with Crippen molar-refractivity contribution in [2.24, 2.45) is 10.9 Å². The van der Waals surface area contributed by atoms with E-state index in [0.29, 0.717) is 16.7 Å². The summed E-state index contributed by atoms with van der Waals surface area (Å²) in [5.41, 5.74) is 4.05. The Balaban J connectivity index is 2.08. The van der Waals surface area contributed by atoms with Crippen LogP contribution < -0.4 is 16.7 Å². The molecule has 0 unspecified atom stereocenters. The molecule has 0 atom stereocenters. The second-order valence-corrected chi connectivity index (χ2v) is 5.22. The summed E-state index contributed by atoms with van der Waals surface area (Å²) in [6.07, 6.45) is 0. The van der Waals surface area contributed by atoms with E-state index in [1.165, 1.54) is 12.1 Å². The van der Waals surface area contributed by atoms with Gasteiger partial charge in [0, 0.05) is 11.1 Å². The average Bonchev–Trinajstić information content (AvgIpc) is 2.64. The van der Waals surface area contributed by atoms with E-state index in [0.717, 1.165) is 0 Å². The molecule has 6 heteroatoms. The first kappa shape index (κ1) is 16.6. The summed E-state index contributed by atoms with van der Waals surface area (Å²) < 4.78 is 28.2. The van der Waals surface area contributed by atoms with Gasteiger partial charge >= 0.3 is 0 Å². The molecule has 0 heterocycles. The minimum Gasteiger partial charge on any atom is -0.336 e. The number of halogens is 2. The quantitative estimate of drug-likeness (QED) is 0.293. The van der Waals surface area contributed by atoms with E-state index >= 15 is 0 Å². The number of nitrogens with one attached hydrogen (secondary N) is 2. The number of hydrazone groups is 1. The van der Waals surface area contributed by atoms with Crippen LogP contribution in [0.1, 0.15) is 5.56 Å². The minimum atomic E-state index is -0.435. The highest BCUT2D eigenvalue weighted by atomic mass is 19.1. The second kappa shape index (κ2) is 7.55. The average molecular weight is 338 g/mol. The molecule has 126 valence electrons. The highest BCUT2D eigenvalue weighted by molar-refractivity contribution is 6.12. The van der Waals surface area contributed by atoms with Crippen LogP contribution in [0.15, 0.2) is 77.9 Å². The van der Waals surface area contributed by atoms with Gasteiger partial charge in [-0.1, -0.05) is 54.6 Å². The Bertz CT molecular complexity index is 909. The van der Waals surface area contributed by atoms with Crippen molar-refractivity contribution in [3.63, 3.8) is 0 Å². The number of hydrazine groups is 1. The monoisotopic (exact) mass is 338 g/mol. The maximum Gasteiger partial charge on any atom is 0.159 e. The molecule has 0 aliphatic heterocycles. The highest BCUT2D eigenvalue weighted by Crippen LogP contribution is 2.27. The Hall–Kier alpha value is -3.25. The summed E-state index contributed by atoms with van der Waals surface area (Å²) in [5, 5.41) is 6.89. The predicted octanol–water partition coefficient (Wildman–Crippen LogP) is 3.87. The molecule has 0 aliphatic rings. The number of hydrogen-bond acceptors (Lipinski definition) is 3. The van der Waals surface area contributed by atoms with Crippen LogP contribution in [0.25, 0.3) is 11.1 Å². The van der Waals surface area contributed by atoms with Crippen molar-refractivity contribution in [3.05, 3.63) is 90.0 Å². The van der Waals surface area contributed by atoms with Gasteiger partial charge in [-0.2, -0.15) is 0 Å². The normalized spacial score (nSPS) is 11.2. The Morgan fingerprint density at radius 1 is 0.760 bits per heavy atom. The van der Waals surface area contributed by atoms with E-state index < -0.39 is 5.82 Å². The van der Waals surface area contributed by atoms with E-state index in [4.69, 9.17) is 5.84 Å². The summed E-state index contributed by atoms with van der Waals surface area (Å²) in [6.45, 7) is 0. The molecule has 3 aromatic rings. The van der Waals surface area contributed by atoms with E-state index in [1.54, 1.807) is 60.7 Å². The lowest BCUT2D eigenvalue weighted by Gasteiger charge is -2.15. The van der Waals surface area contributed by atoms with Crippen LogP contribution >= 0.6 is 0 Å². The zero-order valence-electron chi connectivity index (χ0n) is 13.2. The number of benzene rings is 3. The molecule has 0 aromatic heterocycles. The molecule has 4 N–H and O–H groups in total. The number of rotatable bonds is 4. The van der Waals surface area contributed by atoms with Gasteiger partial charge in [-0.25, -0.2) is 20.2 Å². The summed E-state index contributed by atoms with van der Waals surface area (Å²) >= 11 is 0. The molecular formula is C19H16F2N4. The Labute approximate surface area is 144 Å². The van der Waals surface area contributed by atoms with Crippen LogP contribution in [-0.4, -0.2) is 5.84 Å². The summed E-state index contributed by atoms with van der Waals surface area (Å²) in [5.74, 6) is 4.81. The van der Waals surface area contributed by atoms with Gasteiger partial charge in [0.05, 0.1) is 5.69 Å². The zero-order chi connectivity index (χ0) is 17.6. The molecule has 0 saturated carbocycles. The third kappa shape index (κ3) is 3.64. The molecule has 0 saturated heterocycles. The van der Waals surface area contributed by atoms with Gasteiger partial charge < -0.3 is 5.32 Å². The van der Waals surface area contributed by atoms with Crippen LogP contribution in [0.4, 0.5) is 14.5 Å². The summed E-state index contributed by atoms with van der Waals surface area (Å²) in [4.78, 5) is 0. The lowest BCUT2D eigenvalue weighted by Crippen LogP contribution is -2.23. The molecule has 0 bridgehead atoms. The number of anilines is 1. The lowest BCUT2D eigenvalue weighted by atomic mass is 9.98. The van der Waals surface area contributed by atoms with Crippen molar-refractivity contribution in [2.45, 2.75) is 0 Å². The molecule has 0 aliphatic carbocycles. The van der Waals surface area contributed by atoms with Crippen LogP contribution in [-0.2, 0) is 0 Å². The second-order valence-electron chi connectivity index (χ2n) is 5.22. The fourth-order valence-electron chi connectivity index (χ4n) is 2.51. The molecule has 0 fully saturated rings. The van der Waals surface area contributed by atoms with Gasteiger partial charge in [0.25, 0.3) is 0 Å². The fourth-order valence-corrected chi connectivity index (χ4v) is 2.51.